The highest BCUT2D eigenvalue weighted by Gasteiger charge is 2.16. The van der Waals surface area contributed by atoms with Crippen LogP contribution in [-0.4, -0.2) is 50.1 Å². The van der Waals surface area contributed by atoms with Gasteiger partial charge in [0.2, 0.25) is 0 Å². The maximum atomic E-state index is 5.51. The molecule has 0 bridgehead atoms. The van der Waals surface area contributed by atoms with Crippen molar-refractivity contribution in [3.05, 3.63) is 23.7 Å². The maximum Gasteiger partial charge on any atom is 0.122 e. The number of nitrogens with one attached hydrogen (secondary N) is 1. The van der Waals surface area contributed by atoms with Gasteiger partial charge in [-0.3, -0.25) is 4.90 Å². The molecule has 4 heteroatoms. The van der Waals surface area contributed by atoms with Gasteiger partial charge in [0.15, 0.2) is 0 Å². The van der Waals surface area contributed by atoms with Crippen molar-refractivity contribution in [1.82, 2.24) is 15.1 Å². The molecular weight excluding hydrogens is 226 g/mol. The van der Waals surface area contributed by atoms with Crippen LogP contribution in [0.5, 0.6) is 0 Å². The van der Waals surface area contributed by atoms with Gasteiger partial charge < -0.3 is 14.6 Å². The molecule has 0 aliphatic rings. The van der Waals surface area contributed by atoms with Gasteiger partial charge in [0.05, 0.1) is 12.8 Å². The monoisotopic (exact) mass is 253 g/mol. The number of nitrogens with zero attached hydrogens (tertiary/aromatic N) is 2. The molecular formula is C14H27N3O. The van der Waals surface area contributed by atoms with E-state index in [2.05, 4.69) is 49.1 Å². The van der Waals surface area contributed by atoms with Crippen molar-refractivity contribution in [2.24, 2.45) is 0 Å². The molecule has 0 amide bonds. The molecule has 0 aliphatic carbocycles. The molecule has 18 heavy (non-hydrogen) atoms. The second-order valence-electron chi connectivity index (χ2n) is 5.07. The van der Waals surface area contributed by atoms with Crippen molar-refractivity contribution >= 4 is 0 Å². The number of rotatable bonds is 8. The van der Waals surface area contributed by atoms with Gasteiger partial charge in [0, 0.05) is 24.7 Å². The first-order valence-corrected chi connectivity index (χ1v) is 6.67. The molecule has 0 aliphatic heterocycles. The molecule has 0 aromatic carbocycles. The first kappa shape index (κ1) is 15.2. The molecule has 0 fully saturated rings. The SMILES string of the molecule is CCN(Cc1ccoc1CNC)C(C)CN(C)C. The minimum absolute atomic E-state index is 0.544. The molecule has 4 nitrogen and oxygen atoms in total. The minimum Gasteiger partial charge on any atom is -0.468 e. The zero-order chi connectivity index (χ0) is 13.5. The van der Waals surface area contributed by atoms with Gasteiger partial charge >= 0.3 is 0 Å². The van der Waals surface area contributed by atoms with Crippen molar-refractivity contribution in [3.8, 4) is 0 Å². The molecule has 1 unspecified atom stereocenters. The van der Waals surface area contributed by atoms with Crippen molar-refractivity contribution in [3.63, 3.8) is 0 Å². The van der Waals surface area contributed by atoms with Crippen LogP contribution in [0.2, 0.25) is 0 Å². The predicted molar refractivity (Wildman–Crippen MR) is 75.6 cm³/mol. The van der Waals surface area contributed by atoms with Gasteiger partial charge in [-0.25, -0.2) is 0 Å². The molecule has 1 atom stereocenters. The van der Waals surface area contributed by atoms with Crippen LogP contribution < -0.4 is 5.32 Å². The van der Waals surface area contributed by atoms with Crippen LogP contribution in [-0.2, 0) is 13.1 Å². The molecule has 0 saturated heterocycles. The summed E-state index contributed by atoms with van der Waals surface area (Å²) in [5.74, 6) is 1.05. The number of hydrogen-bond acceptors (Lipinski definition) is 4. The van der Waals surface area contributed by atoms with Crippen LogP contribution in [0.4, 0.5) is 0 Å². The van der Waals surface area contributed by atoms with Gasteiger partial charge in [0.1, 0.15) is 5.76 Å². The summed E-state index contributed by atoms with van der Waals surface area (Å²) in [5, 5.41) is 3.14. The summed E-state index contributed by atoms with van der Waals surface area (Å²) < 4.78 is 5.51. The summed E-state index contributed by atoms with van der Waals surface area (Å²) in [7, 11) is 6.18. The summed E-state index contributed by atoms with van der Waals surface area (Å²) in [5.41, 5.74) is 1.29. The molecule has 1 aromatic heterocycles. The van der Waals surface area contributed by atoms with E-state index in [0.717, 1.165) is 31.9 Å². The van der Waals surface area contributed by atoms with Gasteiger partial charge in [-0.2, -0.15) is 0 Å². The fourth-order valence-electron chi connectivity index (χ4n) is 2.27. The molecule has 1 rings (SSSR count). The average Bonchev–Trinajstić information content (AvgIpc) is 2.72. The van der Waals surface area contributed by atoms with Crippen LogP contribution in [0.15, 0.2) is 16.7 Å². The van der Waals surface area contributed by atoms with Crippen LogP contribution in [0.25, 0.3) is 0 Å². The lowest BCUT2D eigenvalue weighted by atomic mass is 10.2. The minimum atomic E-state index is 0.544. The van der Waals surface area contributed by atoms with E-state index in [9.17, 15) is 0 Å². The second-order valence-corrected chi connectivity index (χ2v) is 5.07. The van der Waals surface area contributed by atoms with Gasteiger partial charge in [-0.1, -0.05) is 6.92 Å². The Morgan fingerprint density at radius 2 is 2.11 bits per heavy atom. The lowest BCUT2D eigenvalue weighted by Gasteiger charge is -2.29. The van der Waals surface area contributed by atoms with Crippen molar-refractivity contribution in [2.75, 3.05) is 34.2 Å². The van der Waals surface area contributed by atoms with Crippen LogP contribution in [0, 0.1) is 0 Å². The summed E-state index contributed by atoms with van der Waals surface area (Å²) in [6, 6.07) is 2.62. The van der Waals surface area contributed by atoms with E-state index in [-0.39, 0.29) is 0 Å². The zero-order valence-electron chi connectivity index (χ0n) is 12.4. The van der Waals surface area contributed by atoms with Crippen molar-refractivity contribution in [2.45, 2.75) is 33.0 Å². The highest BCUT2D eigenvalue weighted by molar-refractivity contribution is 5.17. The summed E-state index contributed by atoms with van der Waals surface area (Å²) >= 11 is 0. The van der Waals surface area contributed by atoms with Gasteiger partial charge in [0.25, 0.3) is 0 Å². The Kier molecular flexibility index (Phi) is 6.39. The third kappa shape index (κ3) is 4.44. The molecule has 1 N–H and O–H groups in total. The highest BCUT2D eigenvalue weighted by Crippen LogP contribution is 2.15. The average molecular weight is 253 g/mol. The Balaban J connectivity index is 2.64. The molecule has 1 aromatic rings. The van der Waals surface area contributed by atoms with Gasteiger partial charge in [-0.05, 0) is 40.7 Å². The maximum absolute atomic E-state index is 5.51. The Morgan fingerprint density at radius 1 is 1.39 bits per heavy atom. The molecule has 104 valence electrons. The smallest absolute Gasteiger partial charge is 0.122 e. The van der Waals surface area contributed by atoms with Crippen LogP contribution in [0.3, 0.4) is 0 Å². The zero-order valence-corrected chi connectivity index (χ0v) is 12.4. The second kappa shape index (κ2) is 7.56. The highest BCUT2D eigenvalue weighted by atomic mass is 16.3. The fraction of sp³-hybridized carbons (Fsp3) is 0.714. The summed E-state index contributed by atoms with van der Waals surface area (Å²) in [4.78, 5) is 4.71. The van der Waals surface area contributed by atoms with E-state index in [1.807, 2.05) is 7.05 Å². The first-order chi connectivity index (χ1) is 8.58. The normalized spacial score (nSPS) is 13.5. The third-order valence-corrected chi connectivity index (χ3v) is 3.21. The van der Waals surface area contributed by atoms with E-state index in [1.54, 1.807) is 6.26 Å². The lowest BCUT2D eigenvalue weighted by molar-refractivity contribution is 0.173. The summed E-state index contributed by atoms with van der Waals surface area (Å²) in [6.45, 7) is 8.37. The number of hydrogen-bond donors (Lipinski definition) is 1. The largest absolute Gasteiger partial charge is 0.468 e. The van der Waals surface area contributed by atoms with E-state index in [4.69, 9.17) is 4.42 Å². The molecule has 0 spiro atoms. The number of likely N-dealkylation sites (N-methyl/N-ethyl adjacent to an activating group) is 2. The predicted octanol–water partition coefficient (Wildman–Crippen LogP) is 1.77. The first-order valence-electron chi connectivity index (χ1n) is 6.67. The third-order valence-electron chi connectivity index (χ3n) is 3.21. The molecule has 0 radical (unpaired) electrons. The van der Waals surface area contributed by atoms with E-state index in [0.29, 0.717) is 6.04 Å². The molecule has 1 heterocycles. The quantitative estimate of drug-likeness (QED) is 0.765. The topological polar surface area (TPSA) is 31.7 Å². The Bertz CT molecular complexity index is 336. The van der Waals surface area contributed by atoms with E-state index >= 15 is 0 Å². The molecule has 0 saturated carbocycles. The van der Waals surface area contributed by atoms with E-state index in [1.165, 1.54) is 5.56 Å². The standard InChI is InChI=1S/C14H27N3O/c1-6-17(12(2)10-16(4)5)11-13-7-8-18-14(13)9-15-3/h7-8,12,15H,6,9-11H2,1-5H3. The van der Waals surface area contributed by atoms with Crippen molar-refractivity contribution < 1.29 is 4.42 Å². The Morgan fingerprint density at radius 3 is 2.67 bits per heavy atom. The van der Waals surface area contributed by atoms with Crippen LogP contribution in [0.1, 0.15) is 25.2 Å². The van der Waals surface area contributed by atoms with Crippen LogP contribution >= 0.6 is 0 Å². The number of furan rings is 1. The van der Waals surface area contributed by atoms with Gasteiger partial charge in [-0.15, -0.1) is 0 Å². The Labute approximate surface area is 111 Å². The van der Waals surface area contributed by atoms with E-state index < -0.39 is 0 Å². The Hall–Kier alpha value is -0.840. The van der Waals surface area contributed by atoms with Crippen molar-refractivity contribution in [1.29, 1.82) is 0 Å². The summed E-state index contributed by atoms with van der Waals surface area (Å²) in [6.07, 6.45) is 1.78. The fourth-order valence-corrected chi connectivity index (χ4v) is 2.27. The lowest BCUT2D eigenvalue weighted by Crippen LogP contribution is -2.39.